The molecule has 1 heterocycles. The van der Waals surface area contributed by atoms with Crippen LogP contribution in [0.3, 0.4) is 0 Å². The number of halogens is 3. The Morgan fingerprint density at radius 2 is 1.63 bits per heavy atom. The van der Waals surface area contributed by atoms with Crippen molar-refractivity contribution in [3.63, 3.8) is 0 Å². The van der Waals surface area contributed by atoms with E-state index in [2.05, 4.69) is 36.6 Å². The number of hydrogen-bond acceptors (Lipinski definition) is 4. The molecule has 0 aromatic heterocycles. The van der Waals surface area contributed by atoms with Gasteiger partial charge in [-0.05, 0) is 60.4 Å². The van der Waals surface area contributed by atoms with Crippen LogP contribution in [0, 0.1) is 12.7 Å². The van der Waals surface area contributed by atoms with Crippen LogP contribution in [0.5, 0.6) is 5.75 Å². The molecule has 2 aromatic carbocycles. The Morgan fingerprint density at radius 3 is 2.20 bits per heavy atom. The molecule has 4 nitrogen and oxygen atoms in total. The van der Waals surface area contributed by atoms with Crippen LogP contribution >= 0.6 is 0 Å². The van der Waals surface area contributed by atoms with Gasteiger partial charge in [-0.1, -0.05) is 19.9 Å². The molecule has 1 fully saturated rings. The maximum atomic E-state index is 13.1. The van der Waals surface area contributed by atoms with Crippen LogP contribution in [0.1, 0.15) is 30.9 Å². The standard InChI is InChI=1S/C23H31FN2O2.2ClH/c1-17(2)23-9-8-22(14-18(23)3)28-16-21(27)15-25-10-12-26(13-11-25)20-6-4-19(24)5-7-20;;/h4-9,14,17,21,27H,10-13,15-16H2,1-3H3;2*1H/p-2. The van der Waals surface area contributed by atoms with Crippen molar-refractivity contribution in [1.82, 2.24) is 4.90 Å². The highest BCUT2D eigenvalue weighted by Crippen LogP contribution is 2.23. The second-order valence-corrected chi connectivity index (χ2v) is 7.90. The summed E-state index contributed by atoms with van der Waals surface area (Å²) in [5.74, 6) is 1.09. The fraction of sp³-hybridized carbons (Fsp3) is 0.478. The summed E-state index contributed by atoms with van der Waals surface area (Å²) in [6, 6.07) is 12.8. The molecule has 1 aliphatic rings. The molecule has 0 radical (unpaired) electrons. The lowest BCUT2D eigenvalue weighted by atomic mass is 9.98. The largest absolute Gasteiger partial charge is 1.00 e. The molecule has 0 saturated carbocycles. The second-order valence-electron chi connectivity index (χ2n) is 7.90. The first-order chi connectivity index (χ1) is 13.4. The SMILES string of the molecule is Cc1cc(OCC(O)CN2CCN(c3ccc(F)cc3)CC2)ccc1C(C)C.[Cl-].[Cl-]. The molecule has 30 heavy (non-hydrogen) atoms. The third-order valence-corrected chi connectivity index (χ3v) is 5.34. The Balaban J connectivity index is 0.00000225. The maximum absolute atomic E-state index is 13.1. The molecule has 1 saturated heterocycles. The fourth-order valence-electron chi connectivity index (χ4n) is 3.77. The molecule has 3 rings (SSSR count). The van der Waals surface area contributed by atoms with Crippen molar-refractivity contribution in [2.45, 2.75) is 32.8 Å². The lowest BCUT2D eigenvalue weighted by molar-refractivity contribution is -0.00100. The summed E-state index contributed by atoms with van der Waals surface area (Å²) in [5, 5.41) is 10.4. The van der Waals surface area contributed by atoms with Crippen molar-refractivity contribution in [1.29, 1.82) is 0 Å². The topological polar surface area (TPSA) is 35.9 Å². The molecule has 0 aliphatic carbocycles. The van der Waals surface area contributed by atoms with Gasteiger partial charge in [-0.3, -0.25) is 4.90 Å². The van der Waals surface area contributed by atoms with Crippen molar-refractivity contribution in [3.05, 3.63) is 59.4 Å². The molecular weight excluding hydrogens is 426 g/mol. The number of hydrogen-bond donors (Lipinski definition) is 1. The van der Waals surface area contributed by atoms with Crippen LogP contribution in [0.25, 0.3) is 0 Å². The van der Waals surface area contributed by atoms with Crippen LogP contribution < -0.4 is 34.5 Å². The number of benzene rings is 2. The van der Waals surface area contributed by atoms with E-state index in [4.69, 9.17) is 4.74 Å². The van der Waals surface area contributed by atoms with E-state index in [9.17, 15) is 9.50 Å². The van der Waals surface area contributed by atoms with Crippen molar-refractivity contribution in [2.75, 3.05) is 44.2 Å². The van der Waals surface area contributed by atoms with Gasteiger partial charge < -0.3 is 39.6 Å². The van der Waals surface area contributed by atoms with Gasteiger partial charge in [0.15, 0.2) is 0 Å². The van der Waals surface area contributed by atoms with Crippen LogP contribution in [0.2, 0.25) is 0 Å². The minimum atomic E-state index is -0.526. The predicted octanol–water partition coefficient (Wildman–Crippen LogP) is -2.17. The first kappa shape index (κ1) is 26.5. The molecule has 1 unspecified atom stereocenters. The number of aryl methyl sites for hydroxylation is 1. The summed E-state index contributed by atoms with van der Waals surface area (Å²) in [6.45, 7) is 10.8. The molecule has 7 heteroatoms. The summed E-state index contributed by atoms with van der Waals surface area (Å²) in [6.07, 6.45) is -0.526. The average Bonchev–Trinajstić information content (AvgIpc) is 2.67. The van der Waals surface area contributed by atoms with Gasteiger partial charge in [0, 0.05) is 38.4 Å². The van der Waals surface area contributed by atoms with E-state index in [0.29, 0.717) is 19.1 Å². The van der Waals surface area contributed by atoms with Crippen molar-refractivity contribution >= 4 is 5.69 Å². The van der Waals surface area contributed by atoms with Gasteiger partial charge in [-0.15, -0.1) is 0 Å². The quantitative estimate of drug-likeness (QED) is 0.514. The van der Waals surface area contributed by atoms with Gasteiger partial charge in [0.05, 0.1) is 0 Å². The Bertz CT molecular complexity index is 766. The maximum Gasteiger partial charge on any atom is 0.123 e. The summed E-state index contributed by atoms with van der Waals surface area (Å²) in [7, 11) is 0. The summed E-state index contributed by atoms with van der Waals surface area (Å²) >= 11 is 0. The predicted molar refractivity (Wildman–Crippen MR) is 112 cm³/mol. The normalized spacial score (nSPS) is 15.3. The molecular formula is C23H31Cl2FN2O2-2. The number of nitrogens with zero attached hydrogens (tertiary/aromatic N) is 2. The van der Waals surface area contributed by atoms with Crippen molar-refractivity contribution < 1.29 is 39.0 Å². The van der Waals surface area contributed by atoms with Crippen LogP contribution in [-0.4, -0.2) is 55.4 Å². The number of ether oxygens (including phenoxy) is 1. The van der Waals surface area contributed by atoms with E-state index in [1.807, 2.05) is 24.3 Å². The van der Waals surface area contributed by atoms with Crippen molar-refractivity contribution in [2.24, 2.45) is 0 Å². The average molecular weight is 457 g/mol. The third kappa shape index (κ3) is 7.31. The number of aliphatic hydroxyl groups is 1. The number of β-amino-alcohol motifs (C(OH)–C–C–N with tert-alkyl or cyclic N) is 1. The minimum Gasteiger partial charge on any atom is -1.00 e. The third-order valence-electron chi connectivity index (χ3n) is 5.34. The zero-order valence-electron chi connectivity index (χ0n) is 17.8. The highest BCUT2D eigenvalue weighted by molar-refractivity contribution is 5.46. The molecule has 168 valence electrons. The van der Waals surface area contributed by atoms with Gasteiger partial charge in [-0.2, -0.15) is 0 Å². The van der Waals surface area contributed by atoms with E-state index in [-0.39, 0.29) is 30.6 Å². The highest BCUT2D eigenvalue weighted by Gasteiger charge is 2.20. The van der Waals surface area contributed by atoms with Gasteiger partial charge in [0.2, 0.25) is 0 Å². The summed E-state index contributed by atoms with van der Waals surface area (Å²) in [4.78, 5) is 4.50. The lowest BCUT2D eigenvalue weighted by Gasteiger charge is -2.36. The highest BCUT2D eigenvalue weighted by atomic mass is 35.5. The minimum absolute atomic E-state index is 0. The van der Waals surface area contributed by atoms with Crippen molar-refractivity contribution in [3.8, 4) is 5.75 Å². The monoisotopic (exact) mass is 456 g/mol. The number of piperazine rings is 1. The van der Waals surface area contributed by atoms with Gasteiger partial charge in [-0.25, -0.2) is 4.39 Å². The number of anilines is 1. The van der Waals surface area contributed by atoms with Gasteiger partial charge in [0.25, 0.3) is 0 Å². The first-order valence-corrected chi connectivity index (χ1v) is 10.1. The molecule has 2 aromatic rings. The van der Waals surface area contributed by atoms with E-state index in [1.54, 1.807) is 0 Å². The van der Waals surface area contributed by atoms with Crippen LogP contribution in [0.4, 0.5) is 10.1 Å². The first-order valence-electron chi connectivity index (χ1n) is 10.1. The fourth-order valence-corrected chi connectivity index (χ4v) is 3.77. The van der Waals surface area contributed by atoms with Gasteiger partial charge >= 0.3 is 0 Å². The lowest BCUT2D eigenvalue weighted by Crippen LogP contribution is -3.00. The molecule has 1 aliphatic heterocycles. The Morgan fingerprint density at radius 1 is 1.00 bits per heavy atom. The smallest absolute Gasteiger partial charge is 0.123 e. The molecule has 0 bridgehead atoms. The Hall–Kier alpha value is -1.53. The summed E-state index contributed by atoms with van der Waals surface area (Å²) in [5.41, 5.74) is 3.59. The number of aliphatic hydroxyl groups excluding tert-OH is 1. The molecule has 1 N–H and O–H groups in total. The van der Waals surface area contributed by atoms with Gasteiger partial charge in [0.1, 0.15) is 24.3 Å². The second kappa shape index (κ2) is 12.4. The molecule has 0 spiro atoms. The molecule has 0 amide bonds. The van der Waals surface area contributed by atoms with E-state index in [1.165, 1.54) is 23.3 Å². The Labute approximate surface area is 191 Å². The Kier molecular flexibility index (Phi) is 10.9. The van der Waals surface area contributed by atoms with E-state index < -0.39 is 6.10 Å². The van der Waals surface area contributed by atoms with Crippen LogP contribution in [-0.2, 0) is 0 Å². The zero-order chi connectivity index (χ0) is 20.1. The number of rotatable bonds is 7. The summed E-state index contributed by atoms with van der Waals surface area (Å²) < 4.78 is 18.9. The van der Waals surface area contributed by atoms with E-state index in [0.717, 1.165) is 37.6 Å². The van der Waals surface area contributed by atoms with E-state index >= 15 is 0 Å². The zero-order valence-corrected chi connectivity index (χ0v) is 19.3. The molecule has 1 atom stereocenters. The van der Waals surface area contributed by atoms with Crippen LogP contribution in [0.15, 0.2) is 42.5 Å².